The first kappa shape index (κ1) is 29.6. The zero-order valence-electron chi connectivity index (χ0n) is 21.1. The maximum Gasteiger partial charge on any atom is 0.435 e. The molecule has 3 N–H and O–H groups in total. The summed E-state index contributed by atoms with van der Waals surface area (Å²) in [6.07, 6.45) is -9.35. The summed E-state index contributed by atoms with van der Waals surface area (Å²) in [4.78, 5) is 15.7. The van der Waals surface area contributed by atoms with Crippen molar-refractivity contribution in [2.75, 3.05) is 26.6 Å². The van der Waals surface area contributed by atoms with Gasteiger partial charge in [0.2, 0.25) is 0 Å². The number of nitrogens with two attached hydrogens (primary N) is 1. The number of aliphatic hydroxyl groups is 1. The van der Waals surface area contributed by atoms with E-state index in [1.165, 1.54) is 38.5 Å². The zero-order valence-corrected chi connectivity index (χ0v) is 22.8. The van der Waals surface area contributed by atoms with Crippen LogP contribution in [-0.2, 0) is 21.1 Å². The van der Waals surface area contributed by atoms with Crippen molar-refractivity contribution >= 4 is 24.3 Å². The third-order valence-electron chi connectivity index (χ3n) is 5.91. The van der Waals surface area contributed by atoms with Crippen molar-refractivity contribution in [1.82, 2.24) is 9.55 Å². The van der Waals surface area contributed by atoms with Crippen LogP contribution in [0.25, 0.3) is 0 Å². The van der Waals surface area contributed by atoms with E-state index in [4.69, 9.17) is 45.3 Å². The third-order valence-corrected chi connectivity index (χ3v) is 7.99. The normalized spacial score (nSPS) is 22.7. The molecule has 1 aromatic heterocycles. The standard InChI is InChI=1S/C24H25F3N3O8PS/c1-33-14-3-7-16(8-4-14)37-39(40,38-17-9-5-15(34-2)6-10-17)35-13-24(22(26)27)20(31)19(25)21(36-24)30-12-11-18(28)29-23(30)32/h3-12,19-22,31H,13H2,1-2H3,(H2,28,29,32)/t19-,20-,21-,24-/m1/s1. The monoisotopic (exact) mass is 603 g/mol. The van der Waals surface area contributed by atoms with Gasteiger partial charge in [0.25, 0.3) is 6.43 Å². The average Bonchev–Trinajstić information content (AvgIpc) is 3.19. The Balaban J connectivity index is 1.64. The van der Waals surface area contributed by atoms with E-state index in [1.807, 2.05) is 0 Å². The number of aliphatic hydroxyl groups excluding tert-OH is 1. The lowest BCUT2D eigenvalue weighted by Gasteiger charge is -2.32. The fraction of sp³-hybridized carbons (Fsp3) is 0.333. The quantitative estimate of drug-likeness (QED) is 0.312. The van der Waals surface area contributed by atoms with E-state index >= 15 is 4.39 Å². The van der Waals surface area contributed by atoms with Crippen molar-refractivity contribution in [2.24, 2.45) is 0 Å². The maximum absolute atomic E-state index is 15.2. The van der Waals surface area contributed by atoms with Gasteiger partial charge in [-0.3, -0.25) is 9.09 Å². The van der Waals surface area contributed by atoms with Crippen molar-refractivity contribution in [2.45, 2.75) is 30.5 Å². The molecule has 1 aliphatic heterocycles. The van der Waals surface area contributed by atoms with Crippen molar-refractivity contribution in [3.8, 4) is 23.0 Å². The largest absolute Gasteiger partial charge is 0.497 e. The molecule has 3 aromatic rings. The molecular formula is C24H25F3N3O8PS. The lowest BCUT2D eigenvalue weighted by Crippen LogP contribution is -2.52. The summed E-state index contributed by atoms with van der Waals surface area (Å²) in [7, 11) is 2.93. The Labute approximate surface area is 231 Å². The van der Waals surface area contributed by atoms with E-state index in [2.05, 4.69) is 4.98 Å². The smallest absolute Gasteiger partial charge is 0.435 e. The van der Waals surface area contributed by atoms with Crippen LogP contribution in [0.5, 0.6) is 23.0 Å². The van der Waals surface area contributed by atoms with Gasteiger partial charge in [-0.25, -0.2) is 18.0 Å². The van der Waals surface area contributed by atoms with E-state index in [-0.39, 0.29) is 17.3 Å². The van der Waals surface area contributed by atoms with Crippen LogP contribution in [-0.4, -0.2) is 59.8 Å². The first-order valence-corrected chi connectivity index (χ1v) is 14.1. The van der Waals surface area contributed by atoms with Crippen LogP contribution in [0.3, 0.4) is 0 Å². The Morgan fingerprint density at radius 3 is 2.00 bits per heavy atom. The fourth-order valence-electron chi connectivity index (χ4n) is 3.76. The van der Waals surface area contributed by atoms with Gasteiger partial charge >= 0.3 is 12.4 Å². The van der Waals surface area contributed by atoms with Crippen LogP contribution in [0.15, 0.2) is 65.6 Å². The lowest BCUT2D eigenvalue weighted by atomic mass is 9.97. The number of hydrogen-bond donors (Lipinski definition) is 2. The molecule has 0 bridgehead atoms. The zero-order chi connectivity index (χ0) is 29.1. The Morgan fingerprint density at radius 1 is 1.05 bits per heavy atom. The Kier molecular flexibility index (Phi) is 8.90. The highest BCUT2D eigenvalue weighted by molar-refractivity contribution is 8.07. The summed E-state index contributed by atoms with van der Waals surface area (Å²) < 4.78 is 77.5. The van der Waals surface area contributed by atoms with E-state index in [9.17, 15) is 18.7 Å². The number of nitrogens with zero attached hydrogens (tertiary/aromatic N) is 2. The Morgan fingerprint density at radius 2 is 1.55 bits per heavy atom. The van der Waals surface area contributed by atoms with Gasteiger partial charge in [-0.2, -0.15) is 4.98 Å². The number of nitrogen functional groups attached to an aromatic ring is 1. The first-order chi connectivity index (χ1) is 19.0. The second kappa shape index (κ2) is 12.0. The number of halogens is 3. The minimum Gasteiger partial charge on any atom is -0.497 e. The fourth-order valence-corrected chi connectivity index (χ4v) is 5.70. The number of ether oxygens (including phenoxy) is 3. The summed E-state index contributed by atoms with van der Waals surface area (Å²) in [5, 5.41) is 10.6. The molecule has 11 nitrogen and oxygen atoms in total. The van der Waals surface area contributed by atoms with Crippen LogP contribution >= 0.6 is 6.72 Å². The second-order valence-electron chi connectivity index (χ2n) is 8.45. The molecule has 2 aromatic carbocycles. The molecule has 0 spiro atoms. The summed E-state index contributed by atoms with van der Waals surface area (Å²) in [5.74, 6) is 1.13. The van der Waals surface area contributed by atoms with Gasteiger partial charge in [0.15, 0.2) is 18.0 Å². The molecule has 0 amide bonds. The number of aromatic nitrogens is 2. The topological polar surface area (TPSA) is 137 Å². The maximum atomic E-state index is 15.2. The minimum absolute atomic E-state index is 0.150. The van der Waals surface area contributed by atoms with Gasteiger partial charge in [-0.05, 0) is 54.6 Å². The molecule has 0 saturated carbocycles. The number of rotatable bonds is 11. The molecule has 216 valence electrons. The van der Waals surface area contributed by atoms with E-state index < -0.39 is 49.5 Å². The summed E-state index contributed by atoms with van der Waals surface area (Å²) in [5.41, 5.74) is 1.42. The molecule has 2 heterocycles. The Bertz CT molecular complexity index is 1360. The van der Waals surface area contributed by atoms with E-state index in [0.717, 1.165) is 12.3 Å². The van der Waals surface area contributed by atoms with Crippen LogP contribution in [0.4, 0.5) is 19.0 Å². The van der Waals surface area contributed by atoms with Crippen molar-refractivity contribution < 1.29 is 46.1 Å². The van der Waals surface area contributed by atoms with Gasteiger partial charge < -0.3 is 34.1 Å². The van der Waals surface area contributed by atoms with E-state index in [0.29, 0.717) is 16.1 Å². The SMILES string of the molecule is COc1ccc(OP(=S)(OC[C@@]2(C(F)F)O[C@@H](n3ccc(N)nc3=O)[C@H](F)[C@H]2O)Oc2ccc(OC)cc2)cc1. The van der Waals surface area contributed by atoms with Crippen LogP contribution in [0, 0.1) is 0 Å². The molecule has 16 heteroatoms. The molecule has 1 fully saturated rings. The molecule has 0 unspecified atom stereocenters. The molecule has 1 aliphatic rings. The number of alkyl halides is 3. The summed E-state index contributed by atoms with van der Waals surface area (Å²) in [6.45, 7) is -5.15. The molecule has 0 radical (unpaired) electrons. The molecule has 4 atom stereocenters. The van der Waals surface area contributed by atoms with E-state index in [1.54, 1.807) is 24.3 Å². The number of benzene rings is 2. The number of hydrogen-bond acceptors (Lipinski definition) is 11. The van der Waals surface area contributed by atoms with Gasteiger partial charge in [0, 0.05) is 18.0 Å². The van der Waals surface area contributed by atoms with Gasteiger partial charge in [0.1, 0.15) is 34.9 Å². The van der Waals surface area contributed by atoms with Crippen molar-refractivity contribution in [3.63, 3.8) is 0 Å². The Hall–Kier alpha value is -3.36. The van der Waals surface area contributed by atoms with Crippen LogP contribution in [0.2, 0.25) is 0 Å². The lowest BCUT2D eigenvalue weighted by molar-refractivity contribution is -0.192. The van der Waals surface area contributed by atoms with Crippen molar-refractivity contribution in [3.05, 3.63) is 71.3 Å². The van der Waals surface area contributed by atoms with Gasteiger partial charge in [-0.15, -0.1) is 0 Å². The predicted octanol–water partition coefficient (Wildman–Crippen LogP) is 3.47. The minimum atomic E-state index is -3.99. The molecular weight excluding hydrogens is 578 g/mol. The molecule has 1 saturated heterocycles. The highest BCUT2D eigenvalue weighted by Crippen LogP contribution is 2.53. The van der Waals surface area contributed by atoms with Crippen LogP contribution < -0.4 is 29.9 Å². The molecule has 0 aliphatic carbocycles. The van der Waals surface area contributed by atoms with Crippen molar-refractivity contribution in [1.29, 1.82) is 0 Å². The predicted molar refractivity (Wildman–Crippen MR) is 140 cm³/mol. The van der Waals surface area contributed by atoms with Gasteiger partial charge in [0.05, 0.1) is 20.8 Å². The van der Waals surface area contributed by atoms with Crippen LogP contribution in [0.1, 0.15) is 6.23 Å². The highest BCUT2D eigenvalue weighted by Gasteiger charge is 2.62. The summed E-state index contributed by atoms with van der Waals surface area (Å²) >= 11 is 5.51. The molecule has 40 heavy (non-hydrogen) atoms. The third kappa shape index (κ3) is 6.18. The molecule has 4 rings (SSSR count). The highest BCUT2D eigenvalue weighted by atomic mass is 32.5. The first-order valence-electron chi connectivity index (χ1n) is 11.5. The number of anilines is 1. The number of methoxy groups -OCH3 is 2. The second-order valence-corrected chi connectivity index (χ2v) is 11.3. The average molecular weight is 604 g/mol. The summed E-state index contributed by atoms with van der Waals surface area (Å²) in [6, 6.07) is 13.3. The van der Waals surface area contributed by atoms with Gasteiger partial charge in [-0.1, -0.05) is 0 Å².